The summed E-state index contributed by atoms with van der Waals surface area (Å²) in [5.74, 6) is -1.37. The van der Waals surface area contributed by atoms with Crippen molar-refractivity contribution in [2.45, 2.75) is 51.1 Å². The van der Waals surface area contributed by atoms with Gasteiger partial charge >= 0.3 is 11.9 Å². The molecule has 2 unspecified atom stereocenters. The van der Waals surface area contributed by atoms with Gasteiger partial charge in [-0.25, -0.2) is 4.79 Å². The first-order valence-electron chi connectivity index (χ1n) is 9.42. The Labute approximate surface area is 183 Å². The van der Waals surface area contributed by atoms with Gasteiger partial charge in [0.2, 0.25) is 5.91 Å². The monoisotopic (exact) mass is 452 g/mol. The number of thiophene rings is 1. The van der Waals surface area contributed by atoms with Gasteiger partial charge in [0.1, 0.15) is 29.3 Å². The molecule has 2 amide bonds. The number of rotatable bonds is 6. The number of carbonyl (C=O) groups excluding carboxylic acids is 4. The fraction of sp³-hybridized carbons (Fsp3) is 0.500. The highest BCUT2D eigenvalue weighted by Crippen LogP contribution is 2.41. The van der Waals surface area contributed by atoms with Crippen LogP contribution in [-0.2, 0) is 35.1 Å². The number of hydrogen-bond acceptors (Lipinski definition) is 8. The van der Waals surface area contributed by atoms with E-state index in [2.05, 4.69) is 5.32 Å². The van der Waals surface area contributed by atoms with Gasteiger partial charge in [-0.3, -0.25) is 19.3 Å². The van der Waals surface area contributed by atoms with Crippen molar-refractivity contribution in [2.75, 3.05) is 12.4 Å². The van der Waals surface area contributed by atoms with E-state index < -0.39 is 29.0 Å². The average Bonchev–Trinajstić information content (AvgIpc) is 3.14. The van der Waals surface area contributed by atoms with E-state index in [9.17, 15) is 19.2 Å². The van der Waals surface area contributed by atoms with Crippen LogP contribution in [0.25, 0.3) is 0 Å². The molecule has 0 spiro atoms. The van der Waals surface area contributed by atoms with Crippen molar-refractivity contribution in [1.82, 2.24) is 10.2 Å². The number of esters is 2. The van der Waals surface area contributed by atoms with Crippen molar-refractivity contribution in [3.63, 3.8) is 0 Å². The molecule has 1 aromatic heterocycles. The van der Waals surface area contributed by atoms with Gasteiger partial charge < -0.3 is 14.8 Å². The van der Waals surface area contributed by atoms with Crippen molar-refractivity contribution in [2.24, 2.45) is 0 Å². The highest BCUT2D eigenvalue weighted by molar-refractivity contribution is 8.00. The van der Waals surface area contributed by atoms with Crippen LogP contribution >= 0.6 is 23.1 Å². The summed E-state index contributed by atoms with van der Waals surface area (Å²) in [4.78, 5) is 51.5. The van der Waals surface area contributed by atoms with E-state index in [0.29, 0.717) is 11.3 Å². The Morgan fingerprint density at radius 1 is 1.30 bits per heavy atom. The summed E-state index contributed by atoms with van der Waals surface area (Å²) in [6, 6.07) is 3.01. The molecular formula is C20H24N2O6S2. The Bertz CT molecular complexity index is 888. The van der Waals surface area contributed by atoms with Crippen molar-refractivity contribution in [1.29, 1.82) is 0 Å². The predicted octanol–water partition coefficient (Wildman–Crippen LogP) is 1.85. The van der Waals surface area contributed by atoms with Crippen LogP contribution in [0.15, 0.2) is 28.8 Å². The molecule has 162 valence electrons. The van der Waals surface area contributed by atoms with E-state index in [1.54, 1.807) is 20.8 Å². The summed E-state index contributed by atoms with van der Waals surface area (Å²) >= 11 is 2.88. The molecule has 0 aliphatic carbocycles. The van der Waals surface area contributed by atoms with Gasteiger partial charge in [-0.05, 0) is 32.2 Å². The predicted molar refractivity (Wildman–Crippen MR) is 113 cm³/mol. The summed E-state index contributed by atoms with van der Waals surface area (Å²) < 4.78 is 10.5. The van der Waals surface area contributed by atoms with E-state index in [4.69, 9.17) is 9.47 Å². The lowest BCUT2D eigenvalue weighted by atomic mass is 10.0. The summed E-state index contributed by atoms with van der Waals surface area (Å²) in [7, 11) is 0. The maximum absolute atomic E-state index is 12.8. The third-order valence-corrected chi connectivity index (χ3v) is 6.54. The quantitative estimate of drug-likeness (QED) is 0.519. The standard InChI is InChI=1S/C20H24N2O6S2/c1-11(23)27-9-12-10-30-18-15(21-14(24)8-13-6-5-7-29-13)17(25)22(18)16(12)19(26)28-20(2,3)4/h5-7,15,18H,8-10H2,1-4H3,(H,21,24). The molecule has 3 heterocycles. The molecule has 0 bridgehead atoms. The number of fused-ring (bicyclic) bond motifs is 1. The van der Waals surface area contributed by atoms with Gasteiger partial charge in [0.15, 0.2) is 0 Å². The van der Waals surface area contributed by atoms with Crippen molar-refractivity contribution >= 4 is 46.9 Å². The minimum absolute atomic E-state index is 0.0944. The van der Waals surface area contributed by atoms with Crippen molar-refractivity contribution in [3.05, 3.63) is 33.7 Å². The number of hydrogen-bond donors (Lipinski definition) is 1. The first kappa shape index (κ1) is 22.4. The number of ether oxygens (including phenoxy) is 2. The molecule has 30 heavy (non-hydrogen) atoms. The highest BCUT2D eigenvalue weighted by Gasteiger charge is 2.54. The van der Waals surface area contributed by atoms with Gasteiger partial charge in [0.05, 0.1) is 6.42 Å². The number of β-lactam (4-membered cyclic amide) rings is 1. The number of carbonyl (C=O) groups is 4. The Kier molecular flexibility index (Phi) is 6.56. The van der Waals surface area contributed by atoms with Gasteiger partial charge in [-0.2, -0.15) is 0 Å². The van der Waals surface area contributed by atoms with Crippen LogP contribution in [0, 0.1) is 0 Å². The first-order valence-corrected chi connectivity index (χ1v) is 11.3. The average molecular weight is 453 g/mol. The summed E-state index contributed by atoms with van der Waals surface area (Å²) in [6.07, 6.45) is 0.200. The Balaban J connectivity index is 1.76. The molecule has 0 saturated carbocycles. The lowest BCUT2D eigenvalue weighted by Gasteiger charge is -2.49. The highest BCUT2D eigenvalue weighted by atomic mass is 32.2. The molecule has 2 atom stereocenters. The largest absolute Gasteiger partial charge is 0.461 e. The maximum atomic E-state index is 12.8. The fourth-order valence-corrected chi connectivity index (χ4v) is 5.12. The van der Waals surface area contributed by atoms with Crippen LogP contribution < -0.4 is 5.32 Å². The first-order chi connectivity index (χ1) is 14.1. The molecule has 10 heteroatoms. The van der Waals surface area contributed by atoms with Gasteiger partial charge in [0.25, 0.3) is 5.91 Å². The van der Waals surface area contributed by atoms with Crippen LogP contribution in [0.3, 0.4) is 0 Å². The van der Waals surface area contributed by atoms with E-state index in [-0.39, 0.29) is 30.5 Å². The minimum Gasteiger partial charge on any atom is -0.461 e. The Hall–Kier alpha value is -2.33. The Morgan fingerprint density at radius 2 is 2.03 bits per heavy atom. The Morgan fingerprint density at radius 3 is 2.63 bits per heavy atom. The van der Waals surface area contributed by atoms with E-state index in [1.807, 2.05) is 17.5 Å². The molecule has 2 aliphatic heterocycles. The zero-order valence-corrected chi connectivity index (χ0v) is 18.9. The zero-order valence-electron chi connectivity index (χ0n) is 17.2. The summed E-state index contributed by atoms with van der Waals surface area (Å²) in [5.41, 5.74) is -0.139. The molecule has 0 radical (unpaired) electrons. The summed E-state index contributed by atoms with van der Waals surface area (Å²) in [5, 5.41) is 4.25. The third kappa shape index (κ3) is 5.04. The summed E-state index contributed by atoms with van der Waals surface area (Å²) in [6.45, 7) is 6.39. The number of thioether (sulfide) groups is 1. The van der Waals surface area contributed by atoms with Crippen molar-refractivity contribution in [3.8, 4) is 0 Å². The smallest absolute Gasteiger partial charge is 0.355 e. The van der Waals surface area contributed by atoms with Crippen LogP contribution in [0.4, 0.5) is 0 Å². The molecule has 3 rings (SSSR count). The number of nitrogens with one attached hydrogen (secondary N) is 1. The van der Waals surface area contributed by atoms with Gasteiger partial charge in [-0.1, -0.05) is 6.07 Å². The zero-order chi connectivity index (χ0) is 22.1. The molecule has 1 saturated heterocycles. The number of nitrogens with zero attached hydrogens (tertiary/aromatic N) is 1. The molecule has 8 nitrogen and oxygen atoms in total. The molecule has 2 aliphatic rings. The lowest BCUT2D eigenvalue weighted by Crippen LogP contribution is -2.70. The topological polar surface area (TPSA) is 102 Å². The van der Waals surface area contributed by atoms with Crippen LogP contribution in [0.1, 0.15) is 32.6 Å². The second-order valence-corrected chi connectivity index (χ2v) is 10.1. The lowest BCUT2D eigenvalue weighted by molar-refractivity contribution is -0.159. The molecule has 0 aromatic carbocycles. The molecular weight excluding hydrogens is 428 g/mol. The van der Waals surface area contributed by atoms with Crippen LogP contribution in [0.2, 0.25) is 0 Å². The maximum Gasteiger partial charge on any atom is 0.355 e. The van der Waals surface area contributed by atoms with Crippen LogP contribution in [0.5, 0.6) is 0 Å². The van der Waals surface area contributed by atoms with E-state index >= 15 is 0 Å². The SMILES string of the molecule is CC(=O)OCC1=C(C(=O)OC(C)(C)C)N2C(=O)C(NC(=O)Cc3cccs3)C2SC1. The normalized spacial score (nSPS) is 20.9. The van der Waals surface area contributed by atoms with Crippen LogP contribution in [-0.4, -0.2) is 58.0 Å². The molecule has 1 N–H and O–H groups in total. The van der Waals surface area contributed by atoms with Gasteiger partial charge in [0, 0.05) is 23.1 Å². The minimum atomic E-state index is -0.751. The van der Waals surface area contributed by atoms with Crippen molar-refractivity contribution < 1.29 is 28.7 Å². The van der Waals surface area contributed by atoms with Gasteiger partial charge in [-0.15, -0.1) is 23.1 Å². The number of amides is 2. The van der Waals surface area contributed by atoms with E-state index in [1.165, 1.54) is 34.9 Å². The molecule has 1 fully saturated rings. The van der Waals surface area contributed by atoms with E-state index in [0.717, 1.165) is 4.88 Å². The molecule has 1 aromatic rings. The fourth-order valence-electron chi connectivity index (χ4n) is 3.09. The second kappa shape index (κ2) is 8.81. The third-order valence-electron chi connectivity index (χ3n) is 4.32. The second-order valence-electron chi connectivity index (χ2n) is 7.95.